The van der Waals surface area contributed by atoms with E-state index >= 15 is 0 Å². The second-order valence-electron chi connectivity index (χ2n) is 5.54. The van der Waals surface area contributed by atoms with E-state index < -0.39 is 10.0 Å². The van der Waals surface area contributed by atoms with E-state index in [0.29, 0.717) is 18.8 Å². The molecule has 0 amide bonds. The van der Waals surface area contributed by atoms with Gasteiger partial charge in [-0.1, -0.05) is 13.8 Å². The molecule has 1 aliphatic heterocycles. The molecular weight excluding hydrogens is 254 g/mol. The van der Waals surface area contributed by atoms with Gasteiger partial charge in [0, 0.05) is 13.1 Å². The van der Waals surface area contributed by atoms with Gasteiger partial charge >= 0.3 is 0 Å². The number of aliphatic hydroxyl groups excluding tert-OH is 1. The minimum absolute atomic E-state index is 0.00406. The molecule has 2 heterocycles. The van der Waals surface area contributed by atoms with Crippen LogP contribution in [-0.2, 0) is 16.6 Å². The fourth-order valence-corrected chi connectivity index (χ4v) is 4.27. The van der Waals surface area contributed by atoms with Gasteiger partial charge in [-0.15, -0.1) is 0 Å². The summed E-state index contributed by atoms with van der Waals surface area (Å²) in [6.07, 6.45) is 0.845. The van der Waals surface area contributed by atoms with E-state index in [0.717, 1.165) is 6.42 Å². The molecule has 0 aliphatic carbocycles. The molecule has 1 aromatic heterocycles. The van der Waals surface area contributed by atoms with Gasteiger partial charge < -0.3 is 5.11 Å². The molecule has 102 valence electrons. The maximum Gasteiger partial charge on any atom is 0.246 e. The maximum absolute atomic E-state index is 12.5. The minimum Gasteiger partial charge on any atom is -0.390 e. The fourth-order valence-electron chi connectivity index (χ4n) is 2.32. The summed E-state index contributed by atoms with van der Waals surface area (Å²) in [5, 5.41) is 15.6. The first-order valence-electron chi connectivity index (χ1n) is 5.93. The lowest BCUT2D eigenvalue weighted by Crippen LogP contribution is -2.31. The van der Waals surface area contributed by atoms with Gasteiger partial charge in [-0.05, 0) is 18.8 Å². The van der Waals surface area contributed by atoms with Crippen molar-refractivity contribution in [1.82, 2.24) is 14.5 Å². The third-order valence-corrected chi connectivity index (χ3v) is 5.40. The summed E-state index contributed by atoms with van der Waals surface area (Å²) >= 11 is 0. The summed E-state index contributed by atoms with van der Waals surface area (Å²) in [7, 11) is -3.56. The zero-order valence-electron chi connectivity index (χ0n) is 10.9. The average Bonchev–Trinajstić information content (AvgIpc) is 2.81. The SMILES string of the molecule is Cc1[nH]nc(CO)c1S(=O)(=O)N1CCC(C)(C)C1. The Labute approximate surface area is 107 Å². The highest BCUT2D eigenvalue weighted by molar-refractivity contribution is 7.89. The van der Waals surface area contributed by atoms with E-state index in [9.17, 15) is 13.5 Å². The van der Waals surface area contributed by atoms with Crippen molar-refractivity contribution in [2.45, 2.75) is 38.7 Å². The summed E-state index contributed by atoms with van der Waals surface area (Å²) in [5.41, 5.74) is 0.672. The van der Waals surface area contributed by atoms with Crippen LogP contribution in [-0.4, -0.2) is 41.1 Å². The number of H-pyrrole nitrogens is 1. The van der Waals surface area contributed by atoms with Gasteiger partial charge in [-0.2, -0.15) is 9.40 Å². The number of rotatable bonds is 3. The third kappa shape index (κ3) is 2.17. The van der Waals surface area contributed by atoms with Crippen LogP contribution in [0.5, 0.6) is 0 Å². The molecule has 1 fully saturated rings. The second-order valence-corrected chi connectivity index (χ2v) is 7.41. The Morgan fingerprint density at radius 2 is 2.17 bits per heavy atom. The molecule has 1 aliphatic rings. The molecule has 18 heavy (non-hydrogen) atoms. The number of aromatic nitrogens is 2. The molecule has 0 unspecified atom stereocenters. The number of sulfonamides is 1. The molecule has 0 spiro atoms. The van der Waals surface area contributed by atoms with Crippen molar-refractivity contribution in [3.8, 4) is 0 Å². The Bertz CT molecular complexity index is 548. The predicted octanol–water partition coefficient (Wildman–Crippen LogP) is 0.631. The second kappa shape index (κ2) is 4.32. The Hall–Kier alpha value is -0.920. The van der Waals surface area contributed by atoms with Crippen molar-refractivity contribution in [2.75, 3.05) is 13.1 Å². The summed E-state index contributed by atoms with van der Waals surface area (Å²) in [4.78, 5) is 0.128. The Morgan fingerprint density at radius 3 is 2.67 bits per heavy atom. The van der Waals surface area contributed by atoms with E-state index in [-0.39, 0.29) is 22.6 Å². The van der Waals surface area contributed by atoms with E-state index in [1.807, 2.05) is 0 Å². The molecule has 7 heteroatoms. The first-order valence-corrected chi connectivity index (χ1v) is 7.37. The van der Waals surface area contributed by atoms with E-state index in [1.54, 1.807) is 6.92 Å². The lowest BCUT2D eigenvalue weighted by Gasteiger charge is -2.19. The van der Waals surface area contributed by atoms with Crippen LogP contribution in [0.25, 0.3) is 0 Å². The van der Waals surface area contributed by atoms with Crippen molar-refractivity contribution in [2.24, 2.45) is 5.41 Å². The van der Waals surface area contributed by atoms with Gasteiger partial charge in [0.1, 0.15) is 10.6 Å². The molecule has 6 nitrogen and oxygen atoms in total. The van der Waals surface area contributed by atoms with Gasteiger partial charge in [0.2, 0.25) is 10.0 Å². The molecule has 2 rings (SSSR count). The zero-order valence-corrected chi connectivity index (χ0v) is 11.7. The van der Waals surface area contributed by atoms with Crippen molar-refractivity contribution < 1.29 is 13.5 Å². The monoisotopic (exact) mass is 273 g/mol. The summed E-state index contributed by atoms with van der Waals surface area (Å²) in [6, 6.07) is 0. The standard InChI is InChI=1S/C11H19N3O3S/c1-8-10(9(6-15)13-12-8)18(16,17)14-5-4-11(2,3)7-14/h15H,4-7H2,1-3H3,(H,12,13). The molecule has 1 saturated heterocycles. The molecule has 0 atom stereocenters. The number of aromatic amines is 1. The highest BCUT2D eigenvalue weighted by Gasteiger charge is 2.39. The number of hydrogen-bond acceptors (Lipinski definition) is 4. The normalized spacial score (nSPS) is 20.4. The quantitative estimate of drug-likeness (QED) is 0.845. The number of aryl methyl sites for hydroxylation is 1. The molecule has 2 N–H and O–H groups in total. The fraction of sp³-hybridized carbons (Fsp3) is 0.727. The third-order valence-electron chi connectivity index (χ3n) is 3.35. The van der Waals surface area contributed by atoms with Crippen molar-refractivity contribution in [3.63, 3.8) is 0 Å². The van der Waals surface area contributed by atoms with Crippen LogP contribution < -0.4 is 0 Å². The highest BCUT2D eigenvalue weighted by atomic mass is 32.2. The Kier molecular flexibility index (Phi) is 3.25. The molecule has 0 aromatic carbocycles. The maximum atomic E-state index is 12.5. The smallest absolute Gasteiger partial charge is 0.246 e. The van der Waals surface area contributed by atoms with Crippen LogP contribution in [0.4, 0.5) is 0 Å². The van der Waals surface area contributed by atoms with Gasteiger partial charge in [0.05, 0.1) is 12.3 Å². The molecule has 1 aromatic rings. The van der Waals surface area contributed by atoms with Crippen LogP contribution in [0.1, 0.15) is 31.7 Å². The zero-order chi connectivity index (χ0) is 13.6. The summed E-state index contributed by atoms with van der Waals surface area (Å²) < 4.78 is 26.6. The summed E-state index contributed by atoms with van der Waals surface area (Å²) in [6.45, 7) is 6.40. The molecule has 0 bridgehead atoms. The van der Waals surface area contributed by atoms with Crippen LogP contribution >= 0.6 is 0 Å². The van der Waals surface area contributed by atoms with Crippen molar-refractivity contribution in [1.29, 1.82) is 0 Å². The Balaban J connectivity index is 2.40. The predicted molar refractivity (Wildman–Crippen MR) is 66.4 cm³/mol. The molecular formula is C11H19N3O3S. The number of aliphatic hydroxyl groups is 1. The lowest BCUT2D eigenvalue weighted by molar-refractivity contribution is 0.273. The van der Waals surface area contributed by atoms with Gasteiger partial charge in [0.25, 0.3) is 0 Å². The van der Waals surface area contributed by atoms with Gasteiger partial charge in [-0.25, -0.2) is 8.42 Å². The molecule has 0 radical (unpaired) electrons. The van der Waals surface area contributed by atoms with E-state index in [4.69, 9.17) is 0 Å². The Morgan fingerprint density at radius 1 is 1.50 bits per heavy atom. The van der Waals surface area contributed by atoms with E-state index in [2.05, 4.69) is 24.0 Å². The van der Waals surface area contributed by atoms with E-state index in [1.165, 1.54) is 4.31 Å². The number of nitrogens with one attached hydrogen (secondary N) is 1. The van der Waals surface area contributed by atoms with Crippen LogP contribution in [0, 0.1) is 12.3 Å². The van der Waals surface area contributed by atoms with Crippen molar-refractivity contribution in [3.05, 3.63) is 11.4 Å². The lowest BCUT2D eigenvalue weighted by atomic mass is 9.93. The van der Waals surface area contributed by atoms with Crippen LogP contribution in [0.15, 0.2) is 4.90 Å². The van der Waals surface area contributed by atoms with Gasteiger partial charge in [-0.3, -0.25) is 5.10 Å². The van der Waals surface area contributed by atoms with Crippen molar-refractivity contribution >= 4 is 10.0 Å². The largest absolute Gasteiger partial charge is 0.390 e. The van der Waals surface area contributed by atoms with Crippen LogP contribution in [0.2, 0.25) is 0 Å². The topological polar surface area (TPSA) is 86.3 Å². The number of hydrogen-bond donors (Lipinski definition) is 2. The number of nitrogens with zero attached hydrogens (tertiary/aromatic N) is 2. The average molecular weight is 273 g/mol. The summed E-state index contributed by atoms with van der Waals surface area (Å²) in [5.74, 6) is 0. The van der Waals surface area contributed by atoms with Gasteiger partial charge in [0.15, 0.2) is 0 Å². The highest BCUT2D eigenvalue weighted by Crippen LogP contribution is 2.34. The van der Waals surface area contributed by atoms with Crippen LogP contribution in [0.3, 0.4) is 0 Å². The first kappa shape index (κ1) is 13.5. The molecule has 0 saturated carbocycles. The minimum atomic E-state index is -3.56. The first-order chi connectivity index (χ1) is 8.28.